The van der Waals surface area contributed by atoms with Crippen LogP contribution in [0.25, 0.3) is 0 Å². The number of para-hydroxylation sites is 1. The van der Waals surface area contributed by atoms with E-state index in [1.165, 1.54) is 5.01 Å². The Morgan fingerprint density at radius 3 is 3.00 bits per heavy atom. The predicted octanol–water partition coefficient (Wildman–Crippen LogP) is 1.04. The highest BCUT2D eigenvalue weighted by molar-refractivity contribution is 6.35. The molecule has 0 atom stereocenters. The van der Waals surface area contributed by atoms with E-state index in [1.54, 1.807) is 6.26 Å². The fraction of sp³-hybridized carbons (Fsp3) is 0.267. The van der Waals surface area contributed by atoms with Gasteiger partial charge in [0.25, 0.3) is 0 Å². The number of hydrogen-bond donors (Lipinski definition) is 1. The van der Waals surface area contributed by atoms with E-state index < -0.39 is 11.8 Å². The second-order valence-electron chi connectivity index (χ2n) is 4.82. The number of hydrogen-bond acceptors (Lipinski definition) is 4. The van der Waals surface area contributed by atoms with Gasteiger partial charge in [0.2, 0.25) is 0 Å². The van der Waals surface area contributed by atoms with E-state index in [4.69, 9.17) is 4.74 Å². The summed E-state index contributed by atoms with van der Waals surface area (Å²) in [5.74, 6) is -0.580. The van der Waals surface area contributed by atoms with Gasteiger partial charge in [-0.15, -0.1) is 0 Å². The lowest BCUT2D eigenvalue weighted by Crippen LogP contribution is -2.40. The van der Waals surface area contributed by atoms with Crippen LogP contribution in [0.15, 0.2) is 41.2 Å². The molecule has 0 saturated carbocycles. The highest BCUT2D eigenvalue weighted by Gasteiger charge is 2.32. The van der Waals surface area contributed by atoms with Gasteiger partial charge in [-0.3, -0.25) is 9.59 Å². The molecule has 3 rings (SSSR count). The largest absolute Gasteiger partial charge is 0.464 e. The molecule has 0 aliphatic carbocycles. The van der Waals surface area contributed by atoms with E-state index in [2.05, 4.69) is 10.4 Å². The Hall–Kier alpha value is -2.63. The average Bonchev–Trinajstić information content (AvgIpc) is 2.96. The molecule has 0 saturated heterocycles. The smallest absolute Gasteiger partial charge is 0.332 e. The van der Waals surface area contributed by atoms with E-state index >= 15 is 0 Å². The van der Waals surface area contributed by atoms with Gasteiger partial charge in [-0.05, 0) is 18.6 Å². The summed E-state index contributed by atoms with van der Waals surface area (Å²) in [6, 6.07) is 7.47. The van der Waals surface area contributed by atoms with Gasteiger partial charge in [-0.25, -0.2) is 5.01 Å². The fourth-order valence-electron chi connectivity index (χ4n) is 2.22. The summed E-state index contributed by atoms with van der Waals surface area (Å²) in [7, 11) is 0. The van der Waals surface area contributed by atoms with Gasteiger partial charge < -0.3 is 10.1 Å². The highest BCUT2D eigenvalue weighted by atomic mass is 16.5. The lowest BCUT2D eigenvalue weighted by molar-refractivity contribution is -0.145. The first-order valence-electron chi connectivity index (χ1n) is 6.84. The molecule has 2 heterocycles. The van der Waals surface area contributed by atoms with Crippen molar-refractivity contribution >= 4 is 17.5 Å². The van der Waals surface area contributed by atoms with Crippen LogP contribution >= 0.6 is 0 Å². The van der Waals surface area contributed by atoms with Crippen molar-refractivity contribution in [1.82, 2.24) is 10.3 Å². The maximum absolute atomic E-state index is 12.0. The van der Waals surface area contributed by atoms with Gasteiger partial charge in [-0.1, -0.05) is 19.1 Å². The Morgan fingerprint density at radius 1 is 1.38 bits per heavy atom. The third kappa shape index (κ3) is 2.40. The molecule has 0 spiro atoms. The Morgan fingerprint density at radius 2 is 2.19 bits per heavy atom. The molecule has 6 nitrogen and oxygen atoms in total. The topological polar surface area (TPSA) is 71.0 Å². The second kappa shape index (κ2) is 5.40. The van der Waals surface area contributed by atoms with Crippen LogP contribution in [0.4, 0.5) is 0 Å². The molecule has 108 valence electrons. The first-order chi connectivity index (χ1) is 10.2. The van der Waals surface area contributed by atoms with Crippen LogP contribution in [0.5, 0.6) is 5.75 Å². The maximum Gasteiger partial charge on any atom is 0.332 e. The average molecular weight is 285 g/mol. The SMILES string of the molecule is CCCNC(=O)C(=O)N1CC2=COc3ccccc3C2=N1. The highest BCUT2D eigenvalue weighted by Crippen LogP contribution is 2.30. The molecule has 1 aromatic rings. The molecule has 2 amide bonds. The summed E-state index contributed by atoms with van der Waals surface area (Å²) < 4.78 is 5.51. The number of ether oxygens (including phenoxy) is 1. The van der Waals surface area contributed by atoms with Gasteiger partial charge in [0.05, 0.1) is 12.8 Å². The number of nitrogens with zero attached hydrogens (tertiary/aromatic N) is 2. The van der Waals surface area contributed by atoms with Crippen molar-refractivity contribution in [3.05, 3.63) is 41.7 Å². The van der Waals surface area contributed by atoms with Gasteiger partial charge in [0.1, 0.15) is 11.5 Å². The van der Waals surface area contributed by atoms with Crippen molar-refractivity contribution in [2.24, 2.45) is 5.10 Å². The lowest BCUT2D eigenvalue weighted by Gasteiger charge is -2.14. The van der Waals surface area contributed by atoms with Crippen molar-refractivity contribution in [1.29, 1.82) is 0 Å². The molecule has 0 bridgehead atoms. The number of benzene rings is 1. The summed E-state index contributed by atoms with van der Waals surface area (Å²) in [4.78, 5) is 23.8. The minimum Gasteiger partial charge on any atom is -0.464 e. The molecule has 1 aromatic carbocycles. The number of fused-ring (bicyclic) bond motifs is 3. The van der Waals surface area contributed by atoms with Crippen molar-refractivity contribution < 1.29 is 14.3 Å². The standard InChI is InChI=1S/C15H15N3O3/c1-2-7-16-14(19)15(20)18-8-10-9-21-12-6-4-3-5-11(12)13(10)17-18/h3-6,9H,2,7-8H2,1H3,(H,16,19). The van der Waals surface area contributed by atoms with Crippen molar-refractivity contribution in [3.63, 3.8) is 0 Å². The molecule has 0 aromatic heterocycles. The molecule has 0 fully saturated rings. The number of carbonyl (C=O) groups is 2. The van der Waals surface area contributed by atoms with Crippen molar-refractivity contribution in [2.75, 3.05) is 13.1 Å². The number of hydrazone groups is 1. The quantitative estimate of drug-likeness (QED) is 0.825. The molecule has 2 aliphatic rings. The minimum absolute atomic E-state index is 0.252. The third-order valence-electron chi connectivity index (χ3n) is 3.28. The van der Waals surface area contributed by atoms with Crippen molar-refractivity contribution in [2.45, 2.75) is 13.3 Å². The third-order valence-corrected chi connectivity index (χ3v) is 3.28. The summed E-state index contributed by atoms with van der Waals surface area (Å²) in [5.41, 5.74) is 2.32. The van der Waals surface area contributed by atoms with Gasteiger partial charge in [0, 0.05) is 17.7 Å². The zero-order valence-electron chi connectivity index (χ0n) is 11.6. The Bertz CT molecular complexity index is 664. The van der Waals surface area contributed by atoms with Crippen LogP contribution in [0, 0.1) is 0 Å². The first kappa shape index (κ1) is 13.4. The van der Waals surface area contributed by atoms with E-state index in [1.807, 2.05) is 31.2 Å². The maximum atomic E-state index is 12.0. The van der Waals surface area contributed by atoms with Crippen LogP contribution in [0.3, 0.4) is 0 Å². The zero-order valence-corrected chi connectivity index (χ0v) is 11.6. The summed E-state index contributed by atoms with van der Waals surface area (Å²) in [6.07, 6.45) is 2.36. The van der Waals surface area contributed by atoms with Crippen LogP contribution in [0.1, 0.15) is 18.9 Å². The molecular formula is C15H15N3O3. The Labute approximate surface area is 122 Å². The summed E-state index contributed by atoms with van der Waals surface area (Å²) in [6.45, 7) is 2.65. The Balaban J connectivity index is 1.82. The van der Waals surface area contributed by atoms with E-state index in [-0.39, 0.29) is 6.54 Å². The lowest BCUT2D eigenvalue weighted by atomic mass is 10.0. The number of carbonyl (C=O) groups excluding carboxylic acids is 2. The predicted molar refractivity (Wildman–Crippen MR) is 76.7 cm³/mol. The molecule has 6 heteroatoms. The summed E-state index contributed by atoms with van der Waals surface area (Å²) in [5, 5.41) is 8.01. The number of amides is 2. The van der Waals surface area contributed by atoms with E-state index in [9.17, 15) is 9.59 Å². The van der Waals surface area contributed by atoms with E-state index in [0.717, 1.165) is 17.6 Å². The molecule has 1 N–H and O–H groups in total. The Kier molecular flexibility index (Phi) is 3.43. The summed E-state index contributed by atoms with van der Waals surface area (Å²) >= 11 is 0. The number of nitrogens with one attached hydrogen (secondary N) is 1. The zero-order chi connectivity index (χ0) is 14.8. The molecule has 0 radical (unpaired) electrons. The fourth-order valence-corrected chi connectivity index (χ4v) is 2.22. The van der Waals surface area contributed by atoms with Gasteiger partial charge in [0.15, 0.2) is 0 Å². The van der Waals surface area contributed by atoms with Crippen molar-refractivity contribution in [3.8, 4) is 5.75 Å². The van der Waals surface area contributed by atoms with Crippen LogP contribution in [-0.2, 0) is 9.59 Å². The molecule has 21 heavy (non-hydrogen) atoms. The van der Waals surface area contributed by atoms with Gasteiger partial charge in [-0.2, -0.15) is 5.10 Å². The van der Waals surface area contributed by atoms with Crippen LogP contribution in [-0.4, -0.2) is 35.6 Å². The number of rotatable bonds is 2. The monoisotopic (exact) mass is 285 g/mol. The second-order valence-corrected chi connectivity index (χ2v) is 4.82. The van der Waals surface area contributed by atoms with Gasteiger partial charge >= 0.3 is 11.8 Å². The molecular weight excluding hydrogens is 270 g/mol. The normalized spacial score (nSPS) is 15.4. The minimum atomic E-state index is -0.649. The molecule has 0 unspecified atom stereocenters. The molecule has 2 aliphatic heterocycles. The van der Waals surface area contributed by atoms with Crippen LogP contribution in [0.2, 0.25) is 0 Å². The van der Waals surface area contributed by atoms with E-state index in [0.29, 0.717) is 18.0 Å². The first-order valence-corrected chi connectivity index (χ1v) is 6.84. The van der Waals surface area contributed by atoms with Crippen LogP contribution < -0.4 is 10.1 Å².